The smallest absolute Gasteiger partial charge is 0.319 e. The number of carbonyl (C=O) groups excluding carboxylic acids is 4. The van der Waals surface area contributed by atoms with Crippen molar-refractivity contribution < 1.29 is 19.2 Å². The summed E-state index contributed by atoms with van der Waals surface area (Å²) >= 11 is 0. The molecular formula is C37H54N10O4. The minimum Gasteiger partial charge on any atom is -0.331 e. The van der Waals surface area contributed by atoms with Crippen LogP contribution in [0, 0.1) is 52.8 Å². The highest BCUT2D eigenvalue weighted by molar-refractivity contribution is 5.84. The molecule has 0 aromatic heterocycles. The largest absolute Gasteiger partial charge is 0.331 e. The second-order valence-electron chi connectivity index (χ2n) is 16.3. The molecule has 7 aliphatic rings. The molecule has 14 heteroatoms. The van der Waals surface area contributed by atoms with Crippen LogP contribution < -0.4 is 11.5 Å². The van der Waals surface area contributed by atoms with Crippen molar-refractivity contribution in [3.05, 3.63) is 0 Å². The molecule has 6 amide bonds. The molecule has 6 heterocycles. The van der Waals surface area contributed by atoms with Crippen LogP contribution in [0.15, 0.2) is 0 Å². The molecule has 1 aliphatic carbocycles. The molecule has 4 N–H and O–H groups in total. The average molecular weight is 703 g/mol. The van der Waals surface area contributed by atoms with Gasteiger partial charge in [-0.2, -0.15) is 10.5 Å². The first-order valence-corrected chi connectivity index (χ1v) is 18.7. The van der Waals surface area contributed by atoms with Crippen molar-refractivity contribution >= 4 is 23.9 Å². The standard InChI is InChI=1S/C19H27N5O2.C18H27N5O2/c1-4-13-5-8-16(11-20)23(13)18(25)17(21)12-9-14-6-7-15(10-12)24(14)19(26)22(2)3;1-21(2)18(25)22-12-3-4-13(22)7-11(6-12)16(20)17(24)23-14(9-19)5-10-8-15(10)23/h1,12-17H,5-10,21H2,2-3H3;10-16H,3-8,20H2,1-2H3/t12?,13-,14?,15?,16-,17?;10-,11?,12?,13?,14+,15+,16?/m01/s1. The van der Waals surface area contributed by atoms with Gasteiger partial charge in [-0.15, -0.1) is 6.42 Å². The van der Waals surface area contributed by atoms with Gasteiger partial charge in [0.05, 0.1) is 30.3 Å². The van der Waals surface area contributed by atoms with Crippen molar-refractivity contribution in [1.82, 2.24) is 29.4 Å². The molecule has 1 saturated carbocycles. The number of fused-ring (bicyclic) bond motifs is 5. The number of nitriles is 2. The van der Waals surface area contributed by atoms with Gasteiger partial charge in [0.2, 0.25) is 11.8 Å². The Labute approximate surface area is 302 Å². The second-order valence-corrected chi connectivity index (χ2v) is 16.3. The predicted octanol–water partition coefficient (Wildman–Crippen LogP) is 1.51. The summed E-state index contributed by atoms with van der Waals surface area (Å²) in [5.41, 5.74) is 12.7. The fraction of sp³-hybridized carbons (Fsp3) is 0.784. The number of carbonyl (C=O) groups is 4. The van der Waals surface area contributed by atoms with Crippen LogP contribution >= 0.6 is 0 Å². The van der Waals surface area contributed by atoms with Crippen LogP contribution in [0.1, 0.15) is 77.0 Å². The molecule has 276 valence electrons. The van der Waals surface area contributed by atoms with Gasteiger partial charge in [-0.25, -0.2) is 9.59 Å². The number of hydrogen-bond acceptors (Lipinski definition) is 8. The zero-order valence-electron chi connectivity index (χ0n) is 30.4. The Kier molecular flexibility index (Phi) is 10.5. The van der Waals surface area contributed by atoms with E-state index in [0.29, 0.717) is 18.8 Å². The summed E-state index contributed by atoms with van der Waals surface area (Å²) in [5.74, 6) is 2.99. The number of rotatable bonds is 4. The van der Waals surface area contributed by atoms with Gasteiger partial charge in [0, 0.05) is 58.4 Å². The predicted molar refractivity (Wildman–Crippen MR) is 188 cm³/mol. The Morgan fingerprint density at radius 2 is 1.02 bits per heavy atom. The lowest BCUT2D eigenvalue weighted by Gasteiger charge is -2.42. The van der Waals surface area contributed by atoms with Crippen molar-refractivity contribution in [2.45, 2.75) is 137 Å². The number of nitrogens with zero attached hydrogens (tertiary/aromatic N) is 8. The van der Waals surface area contributed by atoms with Crippen LogP contribution in [0.2, 0.25) is 0 Å². The fourth-order valence-electron chi connectivity index (χ4n) is 10.2. The van der Waals surface area contributed by atoms with Gasteiger partial charge in [0.1, 0.15) is 12.1 Å². The van der Waals surface area contributed by atoms with Crippen molar-refractivity contribution in [2.75, 3.05) is 28.2 Å². The third-order valence-corrected chi connectivity index (χ3v) is 12.8. The highest BCUT2D eigenvalue weighted by Gasteiger charge is 2.56. The van der Waals surface area contributed by atoms with E-state index in [2.05, 4.69) is 18.1 Å². The van der Waals surface area contributed by atoms with E-state index in [-0.39, 0.29) is 78.0 Å². The summed E-state index contributed by atoms with van der Waals surface area (Å²) in [6.07, 6.45) is 15.6. The van der Waals surface area contributed by atoms with E-state index in [1.807, 2.05) is 9.80 Å². The minimum absolute atomic E-state index is 0.0181. The first-order chi connectivity index (χ1) is 24.3. The van der Waals surface area contributed by atoms with E-state index >= 15 is 0 Å². The SMILES string of the molecule is C#C[C@H]1CC[C@@H](C#N)N1C(=O)C(N)C1CC2CCC(C1)N2C(=O)N(C)C.CN(C)C(=O)N1C2CCC1CC(C(N)C(=O)N1[C@H](C#N)C[C@@H]3C[C@@H]31)C2. The third-order valence-electron chi connectivity index (χ3n) is 12.8. The van der Waals surface area contributed by atoms with Gasteiger partial charge in [0.15, 0.2) is 0 Å². The summed E-state index contributed by atoms with van der Waals surface area (Å²) in [5, 5.41) is 18.7. The minimum atomic E-state index is -0.667. The lowest BCUT2D eigenvalue weighted by molar-refractivity contribution is -0.136. The van der Waals surface area contributed by atoms with E-state index in [9.17, 15) is 29.7 Å². The van der Waals surface area contributed by atoms with Crippen molar-refractivity contribution in [3.63, 3.8) is 0 Å². The maximum Gasteiger partial charge on any atom is 0.319 e. The van der Waals surface area contributed by atoms with E-state index in [1.165, 1.54) is 4.90 Å². The quantitative estimate of drug-likeness (QED) is 0.413. The summed E-state index contributed by atoms with van der Waals surface area (Å²) in [4.78, 5) is 61.3. The fourth-order valence-corrected chi connectivity index (χ4v) is 10.2. The molecule has 7 fully saturated rings. The van der Waals surface area contributed by atoms with Crippen molar-refractivity contribution in [3.8, 4) is 24.5 Å². The molecule has 0 aromatic rings. The average Bonchev–Trinajstić information content (AvgIpc) is 3.34. The molecule has 6 aliphatic heterocycles. The topological polar surface area (TPSA) is 187 Å². The van der Waals surface area contributed by atoms with Gasteiger partial charge in [-0.05, 0) is 94.8 Å². The molecule has 11 atom stereocenters. The van der Waals surface area contributed by atoms with Crippen LogP contribution in [0.4, 0.5) is 9.59 Å². The Morgan fingerprint density at radius 1 is 0.608 bits per heavy atom. The Balaban J connectivity index is 0.000000176. The van der Waals surface area contributed by atoms with Crippen LogP contribution in [0.25, 0.3) is 0 Å². The number of amides is 6. The molecule has 6 unspecified atom stereocenters. The lowest BCUT2D eigenvalue weighted by Crippen LogP contribution is -2.57. The Morgan fingerprint density at radius 3 is 1.41 bits per heavy atom. The number of likely N-dealkylation sites (tertiary alicyclic amines) is 2. The highest BCUT2D eigenvalue weighted by atomic mass is 16.2. The molecule has 0 spiro atoms. The van der Waals surface area contributed by atoms with Crippen molar-refractivity contribution in [2.24, 2.45) is 29.2 Å². The Hall–Kier alpha value is -4.06. The summed E-state index contributed by atoms with van der Waals surface area (Å²) < 4.78 is 0. The maximum absolute atomic E-state index is 13.0. The zero-order valence-corrected chi connectivity index (χ0v) is 30.4. The van der Waals surface area contributed by atoms with Gasteiger partial charge in [0.25, 0.3) is 0 Å². The van der Waals surface area contributed by atoms with Crippen LogP contribution in [-0.2, 0) is 9.59 Å². The molecule has 14 nitrogen and oxygen atoms in total. The van der Waals surface area contributed by atoms with Crippen LogP contribution in [-0.4, -0.2) is 142 Å². The van der Waals surface area contributed by atoms with E-state index in [0.717, 1.165) is 64.2 Å². The van der Waals surface area contributed by atoms with Gasteiger partial charge < -0.3 is 40.9 Å². The number of hydrogen-bond donors (Lipinski definition) is 2. The summed E-state index contributed by atoms with van der Waals surface area (Å²) in [6.45, 7) is 0. The molecule has 7 rings (SSSR count). The second kappa shape index (κ2) is 14.5. The van der Waals surface area contributed by atoms with Gasteiger partial charge in [-0.3, -0.25) is 9.59 Å². The number of terminal acetylenes is 1. The maximum atomic E-state index is 13.0. The summed E-state index contributed by atoms with van der Waals surface area (Å²) in [7, 11) is 7.09. The van der Waals surface area contributed by atoms with Crippen LogP contribution in [0.5, 0.6) is 0 Å². The monoisotopic (exact) mass is 702 g/mol. The normalized spacial score (nSPS) is 36.8. The lowest BCUT2D eigenvalue weighted by atomic mass is 9.84. The molecule has 6 saturated heterocycles. The van der Waals surface area contributed by atoms with E-state index < -0.39 is 18.1 Å². The first kappa shape index (κ1) is 36.7. The highest BCUT2D eigenvalue weighted by Crippen LogP contribution is 2.49. The zero-order chi connectivity index (χ0) is 36.9. The molecular weight excluding hydrogens is 648 g/mol. The van der Waals surface area contributed by atoms with E-state index in [1.54, 1.807) is 42.9 Å². The van der Waals surface area contributed by atoms with Gasteiger partial charge in [-0.1, -0.05) is 5.92 Å². The number of piperidine rings is 3. The molecule has 4 bridgehead atoms. The molecule has 0 aromatic carbocycles. The number of urea groups is 2. The van der Waals surface area contributed by atoms with Crippen LogP contribution in [0.3, 0.4) is 0 Å². The first-order valence-electron chi connectivity index (χ1n) is 18.7. The molecule has 0 radical (unpaired) electrons. The summed E-state index contributed by atoms with van der Waals surface area (Å²) in [6, 6.07) is 3.12. The van der Waals surface area contributed by atoms with Crippen molar-refractivity contribution in [1.29, 1.82) is 10.5 Å². The number of nitrogens with two attached hydrogens (primary N) is 2. The Bertz CT molecular complexity index is 1470. The van der Waals surface area contributed by atoms with Gasteiger partial charge >= 0.3 is 12.1 Å². The third kappa shape index (κ3) is 6.71. The molecule has 51 heavy (non-hydrogen) atoms. The van der Waals surface area contributed by atoms with E-state index in [4.69, 9.17) is 17.9 Å².